The van der Waals surface area contributed by atoms with Crippen LogP contribution < -0.4 is 0 Å². The van der Waals surface area contributed by atoms with Crippen LogP contribution in [0.2, 0.25) is 0 Å². The molecular weight excluding hydrogens is 322 g/mol. The molecular formula is C19H29NO3S. The van der Waals surface area contributed by atoms with E-state index in [0.29, 0.717) is 19.1 Å². The molecule has 1 heterocycles. The van der Waals surface area contributed by atoms with Gasteiger partial charge in [0.05, 0.1) is 11.9 Å². The predicted molar refractivity (Wildman–Crippen MR) is 96.5 cm³/mol. The van der Waals surface area contributed by atoms with Gasteiger partial charge in [-0.3, -0.25) is 0 Å². The van der Waals surface area contributed by atoms with Crippen LogP contribution in [0.1, 0.15) is 63.0 Å². The van der Waals surface area contributed by atoms with Crippen molar-refractivity contribution in [2.24, 2.45) is 0 Å². The van der Waals surface area contributed by atoms with Crippen LogP contribution in [0.3, 0.4) is 0 Å². The van der Waals surface area contributed by atoms with Crippen LogP contribution in [-0.2, 0) is 21.3 Å². The summed E-state index contributed by atoms with van der Waals surface area (Å²) in [5.41, 5.74) is 2.36. The van der Waals surface area contributed by atoms with Gasteiger partial charge in [0, 0.05) is 19.2 Å². The van der Waals surface area contributed by atoms with Gasteiger partial charge >= 0.3 is 0 Å². The number of nitrogens with zero attached hydrogens (tertiary/aromatic N) is 1. The summed E-state index contributed by atoms with van der Waals surface area (Å²) in [5, 5.41) is 0. The van der Waals surface area contributed by atoms with Gasteiger partial charge in [-0.15, -0.1) is 0 Å². The molecule has 1 aromatic rings. The average Bonchev–Trinajstić information content (AvgIpc) is 3.38. The Morgan fingerprint density at radius 1 is 1.12 bits per heavy atom. The number of sulfonamides is 1. The molecule has 1 aliphatic heterocycles. The summed E-state index contributed by atoms with van der Waals surface area (Å²) in [4.78, 5) is 0. The molecule has 5 heteroatoms. The molecule has 3 rings (SSSR count). The SMILES string of the molecule is CC(C)c1ccc(CN(C2CC2)S(=O)(=O)CC2CCCCO2)cc1. The second-order valence-corrected chi connectivity index (χ2v) is 9.41. The second kappa shape index (κ2) is 7.54. The van der Waals surface area contributed by atoms with Crippen molar-refractivity contribution in [1.82, 2.24) is 4.31 Å². The van der Waals surface area contributed by atoms with Gasteiger partial charge in [-0.2, -0.15) is 4.31 Å². The Bertz CT molecular complexity index is 629. The lowest BCUT2D eigenvalue weighted by atomic mass is 10.0. The maximum atomic E-state index is 12.9. The fourth-order valence-corrected chi connectivity index (χ4v) is 5.21. The fraction of sp³-hybridized carbons (Fsp3) is 0.684. The maximum Gasteiger partial charge on any atom is 0.217 e. The first-order valence-corrected chi connectivity index (χ1v) is 10.8. The van der Waals surface area contributed by atoms with Gasteiger partial charge in [-0.25, -0.2) is 8.42 Å². The first-order valence-electron chi connectivity index (χ1n) is 9.15. The molecule has 1 saturated heterocycles. The van der Waals surface area contributed by atoms with Crippen LogP contribution in [0.15, 0.2) is 24.3 Å². The zero-order chi connectivity index (χ0) is 17.2. The van der Waals surface area contributed by atoms with E-state index in [1.165, 1.54) is 5.56 Å². The van der Waals surface area contributed by atoms with Crippen LogP contribution in [0.5, 0.6) is 0 Å². The topological polar surface area (TPSA) is 46.6 Å². The van der Waals surface area contributed by atoms with E-state index in [1.54, 1.807) is 4.31 Å². The van der Waals surface area contributed by atoms with E-state index in [9.17, 15) is 8.42 Å². The molecule has 4 nitrogen and oxygen atoms in total. The molecule has 1 unspecified atom stereocenters. The van der Waals surface area contributed by atoms with E-state index in [0.717, 1.165) is 37.7 Å². The zero-order valence-corrected chi connectivity index (χ0v) is 15.6. The van der Waals surface area contributed by atoms with Crippen molar-refractivity contribution in [3.8, 4) is 0 Å². The Kier molecular flexibility index (Phi) is 5.63. The lowest BCUT2D eigenvalue weighted by Crippen LogP contribution is -2.39. The van der Waals surface area contributed by atoms with E-state index < -0.39 is 10.0 Å². The summed E-state index contributed by atoms with van der Waals surface area (Å²) in [7, 11) is -3.28. The van der Waals surface area contributed by atoms with Crippen molar-refractivity contribution in [2.45, 2.75) is 70.6 Å². The first kappa shape index (κ1) is 17.9. The van der Waals surface area contributed by atoms with E-state index in [2.05, 4.69) is 38.1 Å². The van der Waals surface area contributed by atoms with Crippen molar-refractivity contribution >= 4 is 10.0 Å². The Morgan fingerprint density at radius 3 is 2.38 bits per heavy atom. The fourth-order valence-electron chi connectivity index (χ4n) is 3.27. The normalized spacial score (nSPS) is 22.2. The molecule has 1 atom stereocenters. The molecule has 134 valence electrons. The van der Waals surface area contributed by atoms with Gasteiger partial charge < -0.3 is 4.74 Å². The summed E-state index contributed by atoms with van der Waals surface area (Å²) in [5.74, 6) is 0.624. The van der Waals surface area contributed by atoms with Crippen molar-refractivity contribution in [1.29, 1.82) is 0 Å². The van der Waals surface area contributed by atoms with E-state index in [4.69, 9.17) is 4.74 Å². The molecule has 0 amide bonds. The standard InChI is InChI=1S/C19H29NO3S/c1-15(2)17-8-6-16(7-9-17)13-20(18-10-11-18)24(21,22)14-19-5-3-4-12-23-19/h6-9,15,18-19H,3-5,10-14H2,1-2H3. The summed E-state index contributed by atoms with van der Waals surface area (Å²) in [6.45, 7) is 5.51. The van der Waals surface area contributed by atoms with Crippen LogP contribution in [-0.4, -0.2) is 37.2 Å². The maximum absolute atomic E-state index is 12.9. The van der Waals surface area contributed by atoms with Gasteiger partial charge in [0.2, 0.25) is 10.0 Å². The van der Waals surface area contributed by atoms with Gasteiger partial charge in [0.1, 0.15) is 0 Å². The molecule has 2 aliphatic rings. The highest BCUT2D eigenvalue weighted by Crippen LogP contribution is 2.32. The quantitative estimate of drug-likeness (QED) is 0.753. The summed E-state index contributed by atoms with van der Waals surface area (Å²) < 4.78 is 33.2. The largest absolute Gasteiger partial charge is 0.377 e. The van der Waals surface area contributed by atoms with Crippen molar-refractivity contribution in [3.63, 3.8) is 0 Å². The lowest BCUT2D eigenvalue weighted by Gasteiger charge is -2.27. The number of hydrogen-bond acceptors (Lipinski definition) is 3. The van der Waals surface area contributed by atoms with Gasteiger partial charge in [-0.05, 0) is 49.1 Å². The minimum absolute atomic E-state index is 0.131. The molecule has 2 fully saturated rings. The van der Waals surface area contributed by atoms with Crippen LogP contribution in [0, 0.1) is 0 Å². The average molecular weight is 352 g/mol. The van der Waals surface area contributed by atoms with Crippen LogP contribution >= 0.6 is 0 Å². The summed E-state index contributed by atoms with van der Waals surface area (Å²) in [6, 6.07) is 8.54. The lowest BCUT2D eigenvalue weighted by molar-refractivity contribution is 0.0298. The zero-order valence-electron chi connectivity index (χ0n) is 14.8. The van der Waals surface area contributed by atoms with E-state index in [-0.39, 0.29) is 17.9 Å². The summed E-state index contributed by atoms with van der Waals surface area (Å²) >= 11 is 0. The second-order valence-electron chi connectivity index (χ2n) is 7.44. The van der Waals surface area contributed by atoms with Gasteiger partial charge in [0.25, 0.3) is 0 Å². The highest BCUT2D eigenvalue weighted by molar-refractivity contribution is 7.89. The van der Waals surface area contributed by atoms with E-state index >= 15 is 0 Å². The Labute approximate surface area is 146 Å². The monoisotopic (exact) mass is 351 g/mol. The summed E-state index contributed by atoms with van der Waals surface area (Å²) in [6.07, 6.45) is 4.81. The third kappa shape index (κ3) is 4.58. The van der Waals surface area contributed by atoms with Crippen molar-refractivity contribution < 1.29 is 13.2 Å². The smallest absolute Gasteiger partial charge is 0.217 e. The highest BCUT2D eigenvalue weighted by Gasteiger charge is 2.38. The van der Waals surface area contributed by atoms with E-state index in [1.807, 2.05) is 0 Å². The number of hydrogen-bond donors (Lipinski definition) is 0. The highest BCUT2D eigenvalue weighted by atomic mass is 32.2. The van der Waals surface area contributed by atoms with Crippen LogP contribution in [0.4, 0.5) is 0 Å². The molecule has 1 aliphatic carbocycles. The third-order valence-electron chi connectivity index (χ3n) is 4.97. The number of benzene rings is 1. The van der Waals surface area contributed by atoms with Crippen molar-refractivity contribution in [2.75, 3.05) is 12.4 Å². The molecule has 1 saturated carbocycles. The van der Waals surface area contributed by atoms with Gasteiger partial charge in [0.15, 0.2) is 0 Å². The Morgan fingerprint density at radius 2 is 1.83 bits per heavy atom. The Balaban J connectivity index is 1.69. The molecule has 24 heavy (non-hydrogen) atoms. The number of ether oxygens (including phenoxy) is 1. The predicted octanol–water partition coefficient (Wildman–Crippen LogP) is 3.67. The minimum atomic E-state index is -3.28. The third-order valence-corrected chi connectivity index (χ3v) is 6.90. The molecule has 0 N–H and O–H groups in total. The van der Waals surface area contributed by atoms with Crippen molar-refractivity contribution in [3.05, 3.63) is 35.4 Å². The molecule has 1 aromatic carbocycles. The van der Waals surface area contributed by atoms with Crippen LogP contribution in [0.25, 0.3) is 0 Å². The minimum Gasteiger partial charge on any atom is -0.377 e. The van der Waals surface area contributed by atoms with Gasteiger partial charge in [-0.1, -0.05) is 38.1 Å². The molecule has 0 spiro atoms. The Hall–Kier alpha value is -0.910. The molecule has 0 bridgehead atoms. The first-order chi connectivity index (χ1) is 11.5. The molecule has 0 aromatic heterocycles. The number of rotatable bonds is 7. The molecule has 0 radical (unpaired) electrons.